The van der Waals surface area contributed by atoms with Crippen LogP contribution in [0.5, 0.6) is 0 Å². The fraction of sp³-hybridized carbons (Fsp3) is 0.474. The number of thioether (sulfide) groups is 1. The summed E-state index contributed by atoms with van der Waals surface area (Å²) in [5.41, 5.74) is 2.35. The second-order valence-electron chi connectivity index (χ2n) is 6.54. The van der Waals surface area contributed by atoms with Crippen molar-refractivity contribution in [1.29, 1.82) is 0 Å². The van der Waals surface area contributed by atoms with Crippen LogP contribution in [0.25, 0.3) is 0 Å². The highest BCUT2D eigenvalue weighted by molar-refractivity contribution is 14.0. The Morgan fingerprint density at radius 3 is 2.58 bits per heavy atom. The molecule has 1 aromatic carbocycles. The van der Waals surface area contributed by atoms with Crippen LogP contribution in [0.4, 0.5) is 0 Å². The predicted octanol–water partition coefficient (Wildman–Crippen LogP) is 3.75. The summed E-state index contributed by atoms with van der Waals surface area (Å²) >= 11 is 1.85. The topological polar surface area (TPSA) is 54.2 Å². The molecule has 1 heterocycles. The van der Waals surface area contributed by atoms with Gasteiger partial charge in [-0.3, -0.25) is 4.68 Å². The van der Waals surface area contributed by atoms with E-state index in [1.807, 2.05) is 28.7 Å². The van der Waals surface area contributed by atoms with Crippen molar-refractivity contribution in [2.24, 2.45) is 4.99 Å². The van der Waals surface area contributed by atoms with Gasteiger partial charge >= 0.3 is 0 Å². The van der Waals surface area contributed by atoms with E-state index in [9.17, 15) is 0 Å². The summed E-state index contributed by atoms with van der Waals surface area (Å²) < 4.78 is 2.13. The van der Waals surface area contributed by atoms with Gasteiger partial charge in [0, 0.05) is 29.6 Å². The Morgan fingerprint density at radius 2 is 1.92 bits per heavy atom. The number of aromatic nitrogens is 2. The van der Waals surface area contributed by atoms with Crippen LogP contribution in [0.15, 0.2) is 47.7 Å². The first-order valence-corrected chi connectivity index (χ1v) is 9.87. The molecule has 0 aliphatic rings. The average molecular weight is 487 g/mol. The Kier molecular flexibility index (Phi) is 10.1. The maximum absolute atomic E-state index is 4.67. The lowest BCUT2D eigenvalue weighted by atomic mass is 10.2. The highest BCUT2D eigenvalue weighted by Gasteiger charge is 2.16. The predicted molar refractivity (Wildman–Crippen MR) is 124 cm³/mol. The number of rotatable bonds is 8. The van der Waals surface area contributed by atoms with Gasteiger partial charge in [0.2, 0.25) is 0 Å². The molecule has 144 valence electrons. The molecule has 0 radical (unpaired) electrons. The molecule has 0 amide bonds. The molecule has 7 heteroatoms. The van der Waals surface area contributed by atoms with Crippen molar-refractivity contribution < 1.29 is 0 Å². The fourth-order valence-electron chi connectivity index (χ4n) is 2.23. The summed E-state index contributed by atoms with van der Waals surface area (Å²) in [4.78, 5) is 4.67. The zero-order valence-corrected chi connectivity index (χ0v) is 19.2. The second-order valence-corrected chi connectivity index (χ2v) is 8.06. The second kappa shape index (κ2) is 11.5. The average Bonchev–Trinajstić information content (AvgIpc) is 3.06. The molecular weight excluding hydrogens is 457 g/mol. The molecule has 0 saturated carbocycles. The van der Waals surface area contributed by atoms with Gasteiger partial charge in [-0.25, -0.2) is 4.99 Å². The Labute approximate surface area is 178 Å². The lowest BCUT2D eigenvalue weighted by molar-refractivity contribution is 0.664. The first-order valence-electron chi connectivity index (χ1n) is 8.65. The number of nitrogens with one attached hydrogen (secondary N) is 2. The van der Waals surface area contributed by atoms with E-state index in [2.05, 4.69) is 78.2 Å². The fourth-order valence-corrected chi connectivity index (χ4v) is 2.44. The first kappa shape index (κ1) is 22.8. The first-order chi connectivity index (χ1) is 12.0. The van der Waals surface area contributed by atoms with Crippen molar-refractivity contribution in [3.63, 3.8) is 0 Å². The van der Waals surface area contributed by atoms with E-state index in [1.165, 1.54) is 5.56 Å². The molecule has 2 rings (SSSR count). The van der Waals surface area contributed by atoms with Crippen molar-refractivity contribution in [2.45, 2.75) is 38.6 Å². The Balaban J connectivity index is 0.00000338. The molecule has 0 atom stereocenters. The van der Waals surface area contributed by atoms with E-state index < -0.39 is 0 Å². The van der Waals surface area contributed by atoms with Crippen molar-refractivity contribution >= 4 is 41.7 Å². The van der Waals surface area contributed by atoms with Gasteiger partial charge in [-0.1, -0.05) is 30.3 Å². The smallest absolute Gasteiger partial charge is 0.191 e. The molecule has 0 aliphatic carbocycles. The zero-order valence-electron chi connectivity index (χ0n) is 16.0. The van der Waals surface area contributed by atoms with E-state index in [0.29, 0.717) is 6.54 Å². The number of halogens is 1. The van der Waals surface area contributed by atoms with Gasteiger partial charge < -0.3 is 10.6 Å². The Morgan fingerprint density at radius 1 is 1.19 bits per heavy atom. The monoisotopic (exact) mass is 487 g/mol. The van der Waals surface area contributed by atoms with Crippen LogP contribution in [-0.2, 0) is 13.1 Å². The number of aliphatic imine (C=N–C) groups is 1. The number of benzene rings is 1. The number of guanidine groups is 1. The summed E-state index contributed by atoms with van der Waals surface area (Å²) in [6.45, 7) is 9.64. The van der Waals surface area contributed by atoms with Gasteiger partial charge in [-0.15, -0.1) is 24.0 Å². The van der Waals surface area contributed by atoms with E-state index in [-0.39, 0.29) is 28.7 Å². The summed E-state index contributed by atoms with van der Waals surface area (Å²) in [6.07, 6.45) is 6.08. The van der Waals surface area contributed by atoms with Crippen molar-refractivity contribution in [2.75, 3.05) is 19.3 Å². The Hall–Kier alpha value is -1.22. The van der Waals surface area contributed by atoms with Crippen molar-refractivity contribution in [3.05, 3.63) is 53.9 Å². The van der Waals surface area contributed by atoms with Gasteiger partial charge in [-0.2, -0.15) is 16.9 Å². The van der Waals surface area contributed by atoms with Crippen LogP contribution in [0, 0.1) is 0 Å². The molecule has 0 aliphatic heterocycles. The van der Waals surface area contributed by atoms with Crippen LogP contribution < -0.4 is 10.6 Å². The molecule has 2 aromatic rings. The van der Waals surface area contributed by atoms with Gasteiger partial charge in [0.1, 0.15) is 0 Å². The molecule has 0 fully saturated rings. The third-order valence-electron chi connectivity index (χ3n) is 3.87. The SMILES string of the molecule is CCNC(=NCc1cnn(Cc2ccccc2)c1)NCC(C)(C)SC.I. The molecular formula is C19H30IN5S. The van der Waals surface area contributed by atoms with E-state index in [0.717, 1.165) is 31.2 Å². The third-order valence-corrected chi connectivity index (χ3v) is 5.12. The van der Waals surface area contributed by atoms with Crippen LogP contribution in [-0.4, -0.2) is 39.8 Å². The number of hydrogen-bond donors (Lipinski definition) is 2. The maximum Gasteiger partial charge on any atom is 0.191 e. The largest absolute Gasteiger partial charge is 0.357 e. The van der Waals surface area contributed by atoms with E-state index in [4.69, 9.17) is 0 Å². The summed E-state index contributed by atoms with van der Waals surface area (Å²) in [5, 5.41) is 11.2. The highest BCUT2D eigenvalue weighted by atomic mass is 127. The number of hydrogen-bond acceptors (Lipinski definition) is 3. The molecule has 1 aromatic heterocycles. The number of nitrogens with zero attached hydrogens (tertiary/aromatic N) is 3. The lowest BCUT2D eigenvalue weighted by Gasteiger charge is -2.23. The van der Waals surface area contributed by atoms with Gasteiger partial charge in [0.25, 0.3) is 0 Å². The molecule has 0 bridgehead atoms. The summed E-state index contributed by atoms with van der Waals surface area (Å²) in [5.74, 6) is 0.848. The molecule has 0 unspecified atom stereocenters. The molecule has 2 N–H and O–H groups in total. The third kappa shape index (κ3) is 7.99. The standard InChI is InChI=1S/C19H29N5S.HI/c1-5-20-18(22-15-19(2,3)25-4)21-11-17-12-23-24(14-17)13-16-9-7-6-8-10-16;/h6-10,12,14H,5,11,13,15H2,1-4H3,(H2,20,21,22);1H. The van der Waals surface area contributed by atoms with E-state index >= 15 is 0 Å². The molecule has 5 nitrogen and oxygen atoms in total. The summed E-state index contributed by atoms with van der Waals surface area (Å²) in [7, 11) is 0. The quantitative estimate of drug-likeness (QED) is 0.339. The Bertz CT molecular complexity index is 670. The molecule has 26 heavy (non-hydrogen) atoms. The zero-order chi connectivity index (χ0) is 18.1. The van der Waals surface area contributed by atoms with Crippen LogP contribution in [0.3, 0.4) is 0 Å². The van der Waals surface area contributed by atoms with E-state index in [1.54, 1.807) is 0 Å². The maximum atomic E-state index is 4.67. The van der Waals surface area contributed by atoms with Gasteiger partial charge in [-0.05, 0) is 32.6 Å². The van der Waals surface area contributed by atoms with Gasteiger partial charge in [0.05, 0.1) is 19.3 Å². The normalized spacial score (nSPS) is 11.8. The van der Waals surface area contributed by atoms with Crippen LogP contribution in [0.2, 0.25) is 0 Å². The highest BCUT2D eigenvalue weighted by Crippen LogP contribution is 2.19. The van der Waals surface area contributed by atoms with Crippen LogP contribution >= 0.6 is 35.7 Å². The minimum atomic E-state index is 0. The van der Waals surface area contributed by atoms with Crippen LogP contribution in [0.1, 0.15) is 31.9 Å². The summed E-state index contributed by atoms with van der Waals surface area (Å²) in [6, 6.07) is 10.4. The minimum absolute atomic E-state index is 0. The van der Waals surface area contributed by atoms with Crippen molar-refractivity contribution in [3.8, 4) is 0 Å². The molecule has 0 spiro atoms. The van der Waals surface area contributed by atoms with Gasteiger partial charge in [0.15, 0.2) is 5.96 Å². The lowest BCUT2D eigenvalue weighted by Crippen LogP contribution is -2.43. The minimum Gasteiger partial charge on any atom is -0.357 e. The molecule has 0 saturated heterocycles. The van der Waals surface area contributed by atoms with Crippen molar-refractivity contribution in [1.82, 2.24) is 20.4 Å².